The minimum atomic E-state index is -5.01. The molecule has 0 unspecified atom stereocenters. The van der Waals surface area contributed by atoms with Crippen LogP contribution in [-0.2, 0) is 21.8 Å². The summed E-state index contributed by atoms with van der Waals surface area (Å²) in [6.45, 7) is 9.37. The van der Waals surface area contributed by atoms with Crippen molar-refractivity contribution in [3.63, 3.8) is 0 Å². The van der Waals surface area contributed by atoms with Gasteiger partial charge in [-0.15, -0.1) is 0 Å². The number of rotatable bonds is 5. The van der Waals surface area contributed by atoms with Crippen LogP contribution in [0.5, 0.6) is 0 Å². The first-order valence-corrected chi connectivity index (χ1v) is 7.52. The van der Waals surface area contributed by atoms with E-state index in [2.05, 4.69) is 42.4 Å². The number of likely N-dealkylation sites (N-methyl/N-ethyl adjacent to an activating group) is 1. The summed E-state index contributed by atoms with van der Waals surface area (Å²) in [6.07, 6.45) is 2.50. The smallest absolute Gasteiger partial charge is 0.334 e. The van der Waals surface area contributed by atoms with Gasteiger partial charge in [0.05, 0.1) is 27.2 Å². The van der Waals surface area contributed by atoms with E-state index in [1.54, 1.807) is 0 Å². The molecule has 1 heterocycles. The number of hydrogen-bond acceptors (Lipinski definition) is 6. The Morgan fingerprint density at radius 3 is 1.82 bits per heavy atom. The molecule has 8 nitrogen and oxygen atoms in total. The van der Waals surface area contributed by atoms with Gasteiger partial charge in [-0.2, -0.15) is 21.2 Å². The lowest BCUT2D eigenvalue weighted by Crippen LogP contribution is -2.39. The molecule has 126 valence electrons. The van der Waals surface area contributed by atoms with E-state index in [0.29, 0.717) is 0 Å². The van der Waals surface area contributed by atoms with Crippen molar-refractivity contribution < 1.29 is 29.6 Å². The first-order chi connectivity index (χ1) is 10.0. The molecule has 0 fully saturated rings. The molecule has 0 atom stereocenters. The van der Waals surface area contributed by atoms with Crippen LogP contribution in [0.1, 0.15) is 0 Å². The van der Waals surface area contributed by atoms with E-state index in [4.69, 9.17) is 8.42 Å². The van der Waals surface area contributed by atoms with Crippen molar-refractivity contribution in [2.24, 2.45) is 0 Å². The number of hydrogen-bond donors (Lipinski definition) is 0. The van der Waals surface area contributed by atoms with Crippen LogP contribution in [0.4, 0.5) is 8.28 Å². The molecule has 0 saturated carbocycles. The molecule has 1 aromatic heterocycles. The molecule has 0 aliphatic carbocycles. The molecule has 0 saturated heterocycles. The van der Waals surface area contributed by atoms with E-state index < -0.39 is 33.0 Å². The summed E-state index contributed by atoms with van der Waals surface area (Å²) in [5, 5.41) is 3.88. The summed E-state index contributed by atoms with van der Waals surface area (Å²) in [4.78, 5) is 2.53. The average molecular weight is 358 g/mol. The second-order valence-electron chi connectivity index (χ2n) is 4.25. The number of quaternary nitrogens is 1. The SMILES string of the molecule is C=CC[N+](C)(C)CC=C.O=S(=O)(F)c1nnc(F)[n-]1.O=S=O. The van der Waals surface area contributed by atoms with Crippen molar-refractivity contribution in [3.8, 4) is 0 Å². The van der Waals surface area contributed by atoms with Crippen LogP contribution in [0.15, 0.2) is 30.5 Å². The maximum absolute atomic E-state index is 11.8. The molecule has 12 heteroatoms. The van der Waals surface area contributed by atoms with Crippen LogP contribution >= 0.6 is 0 Å². The van der Waals surface area contributed by atoms with Crippen LogP contribution in [0, 0.1) is 6.08 Å². The second-order valence-corrected chi connectivity index (χ2v) is 5.62. The molecule has 0 aliphatic rings. The van der Waals surface area contributed by atoms with Crippen molar-refractivity contribution in [3.05, 3.63) is 31.4 Å². The minimum absolute atomic E-state index is 0.750. The minimum Gasteiger partial charge on any atom is -0.334 e. The average Bonchev–Trinajstić information content (AvgIpc) is 2.77. The summed E-state index contributed by atoms with van der Waals surface area (Å²) in [7, 11) is -0.694. The van der Waals surface area contributed by atoms with Gasteiger partial charge in [0.1, 0.15) is 5.16 Å². The molecule has 0 amide bonds. The van der Waals surface area contributed by atoms with Gasteiger partial charge < -0.3 is 19.7 Å². The quantitative estimate of drug-likeness (QED) is 0.414. The summed E-state index contributed by atoms with van der Waals surface area (Å²) in [5.41, 5.74) is 0. The van der Waals surface area contributed by atoms with Crippen molar-refractivity contribution >= 4 is 21.8 Å². The molecule has 1 aromatic rings. The maximum Gasteiger partial charge on any atom is 0.337 e. The summed E-state index contributed by atoms with van der Waals surface area (Å²) >= 11 is -0.750. The van der Waals surface area contributed by atoms with E-state index in [9.17, 15) is 16.7 Å². The fourth-order valence-corrected chi connectivity index (χ4v) is 1.41. The standard InChI is InChI=1S/C8H16N.C2F2N3O2S.O2S/c1-5-7-9(3,4)8-6-2;3-1-5-2(7-6-1)10(4,8)9;1-3-2/h5-6H,1-2,7-8H2,3-4H3;;/q+1;-1;. The fourth-order valence-electron chi connectivity index (χ4n) is 1.08. The molecule has 0 aliphatic heterocycles. The molecule has 1 rings (SSSR count). The Morgan fingerprint density at radius 2 is 1.64 bits per heavy atom. The van der Waals surface area contributed by atoms with Crippen LogP contribution in [0.2, 0.25) is 0 Å². The van der Waals surface area contributed by atoms with E-state index in [1.165, 1.54) is 0 Å². The highest BCUT2D eigenvalue weighted by molar-refractivity contribution is 7.86. The third-order valence-corrected chi connectivity index (χ3v) is 2.48. The highest BCUT2D eigenvalue weighted by Crippen LogP contribution is 2.02. The molecule has 0 spiro atoms. The van der Waals surface area contributed by atoms with Gasteiger partial charge in [-0.3, -0.25) is 0 Å². The zero-order chi connectivity index (χ0) is 17.8. The lowest BCUT2D eigenvalue weighted by molar-refractivity contribution is -0.878. The zero-order valence-corrected chi connectivity index (χ0v) is 13.6. The van der Waals surface area contributed by atoms with Gasteiger partial charge in [-0.05, 0) is 12.2 Å². The van der Waals surface area contributed by atoms with Gasteiger partial charge in [0.25, 0.3) is 0 Å². The third-order valence-electron chi connectivity index (χ3n) is 1.87. The molecular weight excluding hydrogens is 342 g/mol. The molecular formula is C10H16F2N4O4S2. The Labute approximate surface area is 131 Å². The number of nitrogens with zero attached hydrogens (tertiary/aromatic N) is 4. The normalized spacial score (nSPS) is 10.4. The number of halogens is 2. The third kappa shape index (κ3) is 12.0. The van der Waals surface area contributed by atoms with Crippen molar-refractivity contribution in [2.75, 3.05) is 27.2 Å². The topological polar surface area (TPSA) is 108 Å². The fraction of sp³-hybridized carbons (Fsp3) is 0.400. The van der Waals surface area contributed by atoms with Gasteiger partial charge in [-0.25, -0.2) is 0 Å². The lowest BCUT2D eigenvalue weighted by atomic mass is 10.4. The van der Waals surface area contributed by atoms with Crippen molar-refractivity contribution in [2.45, 2.75) is 5.16 Å². The van der Waals surface area contributed by atoms with Crippen molar-refractivity contribution in [1.29, 1.82) is 0 Å². The Bertz CT molecular complexity index is 598. The van der Waals surface area contributed by atoms with Gasteiger partial charge in [0.15, 0.2) is 6.08 Å². The Kier molecular flexibility index (Phi) is 11.1. The summed E-state index contributed by atoms with van der Waals surface area (Å²) in [5.74, 6) is 0. The second kappa shape index (κ2) is 10.9. The first kappa shape index (κ1) is 22.5. The van der Waals surface area contributed by atoms with Crippen molar-refractivity contribution in [1.82, 2.24) is 15.2 Å². The van der Waals surface area contributed by atoms with Gasteiger partial charge in [-0.1, -0.05) is 17.0 Å². The van der Waals surface area contributed by atoms with Crippen LogP contribution in [-0.4, -0.2) is 58.7 Å². The molecule has 22 heavy (non-hydrogen) atoms. The summed E-state index contributed by atoms with van der Waals surface area (Å²) < 4.78 is 60.7. The molecule has 0 radical (unpaired) electrons. The van der Waals surface area contributed by atoms with Gasteiger partial charge in [0, 0.05) is 0 Å². The van der Waals surface area contributed by atoms with E-state index >= 15 is 0 Å². The first-order valence-electron chi connectivity index (χ1n) is 5.47. The molecule has 0 aromatic carbocycles. The summed E-state index contributed by atoms with van der Waals surface area (Å²) in [6, 6.07) is 0. The predicted molar refractivity (Wildman–Crippen MR) is 74.8 cm³/mol. The van der Waals surface area contributed by atoms with Crippen LogP contribution < -0.4 is 4.98 Å². The highest BCUT2D eigenvalue weighted by atomic mass is 32.3. The lowest BCUT2D eigenvalue weighted by Gasteiger charge is -2.26. The highest BCUT2D eigenvalue weighted by Gasteiger charge is 2.09. The predicted octanol–water partition coefficient (Wildman–Crippen LogP) is -0.00430. The zero-order valence-electron chi connectivity index (χ0n) is 12.0. The monoisotopic (exact) mass is 358 g/mol. The molecule has 0 N–H and O–H groups in total. The Hall–Kier alpha value is -1.79. The maximum atomic E-state index is 11.8. The van der Waals surface area contributed by atoms with Gasteiger partial charge >= 0.3 is 21.8 Å². The Morgan fingerprint density at radius 1 is 1.23 bits per heavy atom. The van der Waals surface area contributed by atoms with Crippen LogP contribution in [0.3, 0.4) is 0 Å². The van der Waals surface area contributed by atoms with E-state index in [1.807, 2.05) is 12.2 Å². The largest absolute Gasteiger partial charge is 0.337 e. The van der Waals surface area contributed by atoms with E-state index in [0.717, 1.165) is 17.6 Å². The van der Waals surface area contributed by atoms with Gasteiger partial charge in [0.2, 0.25) is 0 Å². The molecule has 0 bridgehead atoms. The Balaban J connectivity index is 0. The van der Waals surface area contributed by atoms with Crippen LogP contribution in [0.25, 0.3) is 0 Å². The van der Waals surface area contributed by atoms with E-state index in [-0.39, 0.29) is 0 Å². The number of aromatic nitrogens is 3.